The van der Waals surface area contributed by atoms with Crippen LogP contribution in [-0.4, -0.2) is 44.0 Å². The van der Waals surface area contributed by atoms with Gasteiger partial charge in [-0.05, 0) is 68.4 Å². The van der Waals surface area contributed by atoms with E-state index in [1.165, 1.54) is 5.69 Å². The Hall–Kier alpha value is -2.64. The third-order valence-electron chi connectivity index (χ3n) is 5.11. The molecule has 0 aliphatic carbocycles. The van der Waals surface area contributed by atoms with Crippen molar-refractivity contribution in [1.82, 2.24) is 5.32 Å². The summed E-state index contributed by atoms with van der Waals surface area (Å²) in [6.07, 6.45) is 0. The van der Waals surface area contributed by atoms with Crippen LogP contribution in [0.3, 0.4) is 0 Å². The van der Waals surface area contributed by atoms with E-state index in [2.05, 4.69) is 46.7 Å². The summed E-state index contributed by atoms with van der Waals surface area (Å²) in [6, 6.07) is 14.0. The molecule has 2 aromatic carbocycles. The molecule has 0 aromatic heterocycles. The summed E-state index contributed by atoms with van der Waals surface area (Å²) >= 11 is 5.50. The number of carbonyl (C=O) groups is 1. The van der Waals surface area contributed by atoms with Crippen LogP contribution in [-0.2, 0) is 9.47 Å². The first-order valence-electron chi connectivity index (χ1n) is 10.3. The molecule has 2 aromatic rings. The summed E-state index contributed by atoms with van der Waals surface area (Å²) in [7, 11) is 0. The maximum absolute atomic E-state index is 12.0. The molecule has 0 unspecified atom stereocenters. The van der Waals surface area contributed by atoms with E-state index >= 15 is 0 Å². The molecule has 1 fully saturated rings. The Morgan fingerprint density at radius 3 is 2.57 bits per heavy atom. The fraction of sp³-hybridized carbons (Fsp3) is 0.391. The summed E-state index contributed by atoms with van der Waals surface area (Å²) in [5.41, 5.74) is 4.64. The molecule has 160 valence electrons. The van der Waals surface area contributed by atoms with Crippen LogP contribution in [0, 0.1) is 6.92 Å². The van der Waals surface area contributed by atoms with Crippen molar-refractivity contribution in [2.75, 3.05) is 43.1 Å². The quantitative estimate of drug-likeness (QED) is 0.532. The molecule has 2 N–H and O–H groups in total. The van der Waals surface area contributed by atoms with Gasteiger partial charge in [0.1, 0.15) is 0 Å². The first-order chi connectivity index (χ1) is 14.5. The average Bonchev–Trinajstić information content (AvgIpc) is 2.76. The Balaban J connectivity index is 1.60. The monoisotopic (exact) mass is 427 g/mol. The van der Waals surface area contributed by atoms with E-state index < -0.39 is 0 Å². The number of morpholine rings is 1. The molecule has 1 atom stereocenters. The van der Waals surface area contributed by atoms with E-state index in [-0.39, 0.29) is 12.0 Å². The standard InChI is InChI=1S/C23H29N3O3S/c1-4-29-22(27)19-6-5-16(2)21(15-19)25-23(30)24-17(3)18-7-9-20(10-8-18)26-11-13-28-14-12-26/h5-10,15,17H,4,11-14H2,1-3H3,(H2,24,25,30)/t17-/m0/s1. The molecule has 1 aliphatic heterocycles. The van der Waals surface area contributed by atoms with Crippen LogP contribution < -0.4 is 15.5 Å². The predicted molar refractivity (Wildman–Crippen MR) is 124 cm³/mol. The highest BCUT2D eigenvalue weighted by Crippen LogP contribution is 2.21. The van der Waals surface area contributed by atoms with Gasteiger partial charge in [0, 0.05) is 24.5 Å². The lowest BCUT2D eigenvalue weighted by atomic mass is 10.1. The molecule has 1 heterocycles. The van der Waals surface area contributed by atoms with Crippen LogP contribution in [0.4, 0.5) is 11.4 Å². The highest BCUT2D eigenvalue weighted by atomic mass is 32.1. The Morgan fingerprint density at radius 2 is 1.90 bits per heavy atom. The smallest absolute Gasteiger partial charge is 0.338 e. The molecule has 0 amide bonds. The Kier molecular flexibility index (Phi) is 7.65. The van der Waals surface area contributed by atoms with E-state index in [1.54, 1.807) is 19.1 Å². The third-order valence-corrected chi connectivity index (χ3v) is 5.33. The second kappa shape index (κ2) is 10.4. The van der Waals surface area contributed by atoms with Crippen molar-refractivity contribution in [2.24, 2.45) is 0 Å². The molecular formula is C23H29N3O3S. The molecule has 3 rings (SSSR count). The number of nitrogens with one attached hydrogen (secondary N) is 2. The zero-order valence-electron chi connectivity index (χ0n) is 17.7. The van der Waals surface area contributed by atoms with Crippen LogP contribution in [0.25, 0.3) is 0 Å². The molecule has 0 saturated carbocycles. The van der Waals surface area contributed by atoms with Crippen molar-refractivity contribution < 1.29 is 14.3 Å². The SMILES string of the molecule is CCOC(=O)c1ccc(C)c(NC(=S)N[C@@H](C)c2ccc(N3CCOCC3)cc2)c1. The number of thiocarbonyl (C=S) groups is 1. The highest BCUT2D eigenvalue weighted by Gasteiger charge is 2.14. The lowest BCUT2D eigenvalue weighted by Gasteiger charge is -2.29. The molecular weight excluding hydrogens is 398 g/mol. The van der Waals surface area contributed by atoms with E-state index in [0.717, 1.165) is 43.1 Å². The normalized spacial score (nSPS) is 14.7. The van der Waals surface area contributed by atoms with Gasteiger partial charge < -0.3 is 25.0 Å². The van der Waals surface area contributed by atoms with Gasteiger partial charge in [0.15, 0.2) is 5.11 Å². The second-order valence-corrected chi connectivity index (χ2v) is 7.67. The van der Waals surface area contributed by atoms with Crippen molar-refractivity contribution >= 4 is 34.7 Å². The second-order valence-electron chi connectivity index (χ2n) is 7.26. The van der Waals surface area contributed by atoms with E-state index in [1.807, 2.05) is 13.0 Å². The molecule has 1 aliphatic rings. The lowest BCUT2D eigenvalue weighted by molar-refractivity contribution is 0.0526. The van der Waals surface area contributed by atoms with Crippen LogP contribution in [0.5, 0.6) is 0 Å². The van der Waals surface area contributed by atoms with E-state index in [0.29, 0.717) is 17.3 Å². The number of carbonyl (C=O) groups excluding carboxylic acids is 1. The minimum Gasteiger partial charge on any atom is -0.462 e. The maximum Gasteiger partial charge on any atom is 0.338 e. The number of benzene rings is 2. The zero-order chi connectivity index (χ0) is 21.5. The summed E-state index contributed by atoms with van der Waals surface area (Å²) in [4.78, 5) is 14.3. The van der Waals surface area contributed by atoms with Crippen molar-refractivity contribution in [1.29, 1.82) is 0 Å². The number of ether oxygens (including phenoxy) is 2. The minimum atomic E-state index is -0.340. The fourth-order valence-electron chi connectivity index (χ4n) is 3.33. The molecule has 6 nitrogen and oxygen atoms in total. The average molecular weight is 428 g/mol. The molecule has 30 heavy (non-hydrogen) atoms. The topological polar surface area (TPSA) is 62.8 Å². The number of anilines is 2. The minimum absolute atomic E-state index is 0.0392. The van der Waals surface area contributed by atoms with Gasteiger partial charge in [-0.25, -0.2) is 4.79 Å². The molecule has 0 bridgehead atoms. The number of hydrogen-bond acceptors (Lipinski definition) is 5. The van der Waals surface area contributed by atoms with Crippen LogP contribution in [0.15, 0.2) is 42.5 Å². The van der Waals surface area contributed by atoms with Gasteiger partial charge in [-0.3, -0.25) is 0 Å². The third kappa shape index (κ3) is 5.70. The van der Waals surface area contributed by atoms with Crippen molar-refractivity contribution in [3.05, 3.63) is 59.2 Å². The molecule has 0 spiro atoms. The predicted octanol–water partition coefficient (Wildman–Crippen LogP) is 4.06. The Labute approximate surface area is 183 Å². The summed E-state index contributed by atoms with van der Waals surface area (Å²) in [5, 5.41) is 7.02. The Bertz CT molecular complexity index is 880. The Morgan fingerprint density at radius 1 is 1.20 bits per heavy atom. The number of nitrogens with zero attached hydrogens (tertiary/aromatic N) is 1. The van der Waals surface area contributed by atoms with Crippen molar-refractivity contribution in [3.8, 4) is 0 Å². The number of rotatable bonds is 6. The molecule has 7 heteroatoms. The van der Waals surface area contributed by atoms with Crippen molar-refractivity contribution in [3.63, 3.8) is 0 Å². The lowest BCUT2D eigenvalue weighted by Crippen LogP contribution is -2.36. The van der Waals surface area contributed by atoms with Gasteiger partial charge >= 0.3 is 5.97 Å². The van der Waals surface area contributed by atoms with Crippen LogP contribution >= 0.6 is 12.2 Å². The van der Waals surface area contributed by atoms with Crippen molar-refractivity contribution in [2.45, 2.75) is 26.8 Å². The van der Waals surface area contributed by atoms with E-state index in [4.69, 9.17) is 21.7 Å². The summed E-state index contributed by atoms with van der Waals surface area (Å²) in [5.74, 6) is -0.340. The first-order valence-corrected chi connectivity index (χ1v) is 10.7. The van der Waals surface area contributed by atoms with Gasteiger partial charge in [0.05, 0.1) is 31.4 Å². The first kappa shape index (κ1) is 22.1. The summed E-state index contributed by atoms with van der Waals surface area (Å²) < 4.78 is 10.5. The van der Waals surface area contributed by atoms with E-state index in [9.17, 15) is 4.79 Å². The van der Waals surface area contributed by atoms with Crippen LogP contribution in [0.2, 0.25) is 0 Å². The largest absolute Gasteiger partial charge is 0.462 e. The maximum atomic E-state index is 12.0. The fourth-order valence-corrected chi connectivity index (χ4v) is 3.62. The van der Waals surface area contributed by atoms with Gasteiger partial charge in [-0.1, -0.05) is 18.2 Å². The summed E-state index contributed by atoms with van der Waals surface area (Å²) in [6.45, 7) is 9.56. The number of aryl methyl sites for hydroxylation is 1. The number of esters is 1. The van der Waals surface area contributed by atoms with Gasteiger partial charge in [0.25, 0.3) is 0 Å². The zero-order valence-corrected chi connectivity index (χ0v) is 18.6. The molecule has 0 radical (unpaired) electrons. The molecule has 1 saturated heterocycles. The van der Waals surface area contributed by atoms with Gasteiger partial charge in [0.2, 0.25) is 0 Å². The number of hydrogen-bond donors (Lipinski definition) is 2. The van der Waals surface area contributed by atoms with Gasteiger partial charge in [-0.15, -0.1) is 0 Å². The van der Waals surface area contributed by atoms with Crippen LogP contribution in [0.1, 0.15) is 41.4 Å². The van der Waals surface area contributed by atoms with Gasteiger partial charge in [-0.2, -0.15) is 0 Å². The highest BCUT2D eigenvalue weighted by molar-refractivity contribution is 7.80.